The van der Waals surface area contributed by atoms with Crippen LogP contribution in [0.2, 0.25) is 0 Å². The van der Waals surface area contributed by atoms with Crippen LogP contribution in [0.1, 0.15) is 29.2 Å². The number of nitrogens with zero attached hydrogens (tertiary/aromatic N) is 4. The fraction of sp³-hybridized carbons (Fsp3) is 0.316. The molecule has 0 atom stereocenters. The van der Waals surface area contributed by atoms with Crippen LogP contribution in [0.3, 0.4) is 0 Å². The summed E-state index contributed by atoms with van der Waals surface area (Å²) in [5, 5.41) is 6.70. The Kier molecular flexibility index (Phi) is 6.38. The smallest absolute Gasteiger partial charge is 0.191 e. The van der Waals surface area contributed by atoms with Crippen molar-refractivity contribution in [2.45, 2.75) is 33.4 Å². The molecule has 0 aromatic carbocycles. The van der Waals surface area contributed by atoms with Crippen molar-refractivity contribution < 1.29 is 0 Å². The highest BCUT2D eigenvalue weighted by molar-refractivity contribution is 7.11. The SMILES string of the molecule is CCNC(=NCc1ccnc(-n2ccnc2)c1)NCc1ccc(CC)s1. The van der Waals surface area contributed by atoms with Gasteiger partial charge in [0.1, 0.15) is 12.1 Å². The highest BCUT2D eigenvalue weighted by Crippen LogP contribution is 2.16. The predicted octanol–water partition coefficient (Wildman–Crippen LogP) is 3.15. The average molecular weight is 369 g/mol. The van der Waals surface area contributed by atoms with Gasteiger partial charge in [-0.2, -0.15) is 0 Å². The van der Waals surface area contributed by atoms with Gasteiger partial charge in [-0.3, -0.25) is 4.57 Å². The summed E-state index contributed by atoms with van der Waals surface area (Å²) in [5.41, 5.74) is 1.10. The number of aliphatic imine (C=N–C) groups is 1. The third kappa shape index (κ3) is 4.92. The normalized spacial score (nSPS) is 11.5. The van der Waals surface area contributed by atoms with Gasteiger partial charge in [-0.15, -0.1) is 11.3 Å². The molecule has 0 bridgehead atoms. The Hall–Kier alpha value is -2.67. The van der Waals surface area contributed by atoms with Crippen molar-refractivity contribution in [1.29, 1.82) is 0 Å². The molecule has 3 heterocycles. The van der Waals surface area contributed by atoms with E-state index in [1.54, 1.807) is 18.7 Å². The molecule has 2 N–H and O–H groups in total. The highest BCUT2D eigenvalue weighted by atomic mass is 32.1. The standard InChI is InChI=1S/C19H24N6S/c1-3-16-5-6-17(26-16)13-24-19(21-4-2)23-12-15-7-8-22-18(11-15)25-10-9-20-14-25/h5-11,14H,3-4,12-13H2,1-2H3,(H2,21,23,24). The molecule has 0 amide bonds. The molecule has 0 unspecified atom stereocenters. The van der Waals surface area contributed by atoms with Gasteiger partial charge >= 0.3 is 0 Å². The Morgan fingerprint density at radius 3 is 2.77 bits per heavy atom. The number of nitrogens with one attached hydrogen (secondary N) is 2. The Balaban J connectivity index is 1.64. The summed E-state index contributed by atoms with van der Waals surface area (Å²) in [7, 11) is 0. The van der Waals surface area contributed by atoms with Gasteiger partial charge < -0.3 is 10.6 Å². The van der Waals surface area contributed by atoms with E-state index in [2.05, 4.69) is 46.6 Å². The third-order valence-corrected chi connectivity index (χ3v) is 5.07. The lowest BCUT2D eigenvalue weighted by molar-refractivity contribution is 0.822. The molecular weight excluding hydrogens is 344 g/mol. The molecule has 7 heteroatoms. The second-order valence-electron chi connectivity index (χ2n) is 5.76. The van der Waals surface area contributed by atoms with E-state index >= 15 is 0 Å². The first-order valence-electron chi connectivity index (χ1n) is 8.81. The minimum absolute atomic E-state index is 0.588. The number of imidazole rings is 1. The fourth-order valence-electron chi connectivity index (χ4n) is 2.49. The zero-order valence-corrected chi connectivity index (χ0v) is 16.0. The van der Waals surface area contributed by atoms with E-state index in [0.29, 0.717) is 6.54 Å². The molecule has 0 aliphatic rings. The van der Waals surface area contributed by atoms with Crippen molar-refractivity contribution >= 4 is 17.3 Å². The summed E-state index contributed by atoms with van der Waals surface area (Å²) >= 11 is 1.85. The minimum Gasteiger partial charge on any atom is -0.357 e. The molecule has 0 spiro atoms. The molecule has 3 aromatic heterocycles. The first-order chi connectivity index (χ1) is 12.8. The minimum atomic E-state index is 0.588. The van der Waals surface area contributed by atoms with Crippen LogP contribution in [0.25, 0.3) is 5.82 Å². The van der Waals surface area contributed by atoms with Gasteiger partial charge in [0.2, 0.25) is 0 Å². The van der Waals surface area contributed by atoms with Crippen molar-refractivity contribution in [3.63, 3.8) is 0 Å². The van der Waals surface area contributed by atoms with Crippen LogP contribution < -0.4 is 10.6 Å². The fourth-order valence-corrected chi connectivity index (χ4v) is 3.38. The van der Waals surface area contributed by atoms with Gasteiger partial charge in [0.05, 0.1) is 13.1 Å². The van der Waals surface area contributed by atoms with E-state index in [-0.39, 0.29) is 0 Å². The number of hydrogen-bond donors (Lipinski definition) is 2. The summed E-state index contributed by atoms with van der Waals surface area (Å²) in [6.45, 7) is 6.45. The van der Waals surface area contributed by atoms with Crippen molar-refractivity contribution in [2.24, 2.45) is 4.99 Å². The zero-order valence-electron chi connectivity index (χ0n) is 15.1. The van der Waals surface area contributed by atoms with Crippen LogP contribution in [0.15, 0.2) is 54.2 Å². The Morgan fingerprint density at radius 1 is 1.15 bits per heavy atom. The van der Waals surface area contributed by atoms with E-state index in [0.717, 1.165) is 36.9 Å². The van der Waals surface area contributed by atoms with E-state index in [1.165, 1.54) is 9.75 Å². The monoisotopic (exact) mass is 368 g/mol. The van der Waals surface area contributed by atoms with Crippen LogP contribution >= 0.6 is 11.3 Å². The quantitative estimate of drug-likeness (QED) is 0.497. The molecule has 0 aliphatic carbocycles. The summed E-state index contributed by atoms with van der Waals surface area (Å²) in [6.07, 6.45) is 8.26. The average Bonchev–Trinajstić information content (AvgIpc) is 3.36. The largest absolute Gasteiger partial charge is 0.357 e. The number of guanidine groups is 1. The topological polar surface area (TPSA) is 67.1 Å². The lowest BCUT2D eigenvalue weighted by Crippen LogP contribution is -2.36. The molecule has 0 saturated carbocycles. The second-order valence-corrected chi connectivity index (χ2v) is 7.02. The molecular formula is C19H24N6S. The lowest BCUT2D eigenvalue weighted by Gasteiger charge is -2.10. The number of hydrogen-bond acceptors (Lipinski definition) is 4. The Morgan fingerprint density at radius 2 is 2.04 bits per heavy atom. The zero-order chi connectivity index (χ0) is 18.2. The van der Waals surface area contributed by atoms with Crippen molar-refractivity contribution in [1.82, 2.24) is 25.2 Å². The number of rotatable bonds is 7. The van der Waals surface area contributed by atoms with Crippen LogP contribution in [-0.2, 0) is 19.5 Å². The van der Waals surface area contributed by atoms with E-state index in [4.69, 9.17) is 4.99 Å². The van der Waals surface area contributed by atoms with Gasteiger partial charge in [-0.05, 0) is 43.2 Å². The summed E-state index contributed by atoms with van der Waals surface area (Å²) < 4.78 is 1.89. The number of thiophene rings is 1. The molecule has 136 valence electrons. The van der Waals surface area contributed by atoms with Crippen LogP contribution in [0, 0.1) is 0 Å². The first kappa shape index (κ1) is 18.1. The number of aromatic nitrogens is 3. The molecule has 6 nitrogen and oxygen atoms in total. The summed E-state index contributed by atoms with van der Waals surface area (Å²) in [4.78, 5) is 15.9. The first-order valence-corrected chi connectivity index (χ1v) is 9.63. The third-order valence-electron chi connectivity index (χ3n) is 3.84. The van der Waals surface area contributed by atoms with Gasteiger partial charge in [-0.25, -0.2) is 15.0 Å². The van der Waals surface area contributed by atoms with Crippen molar-refractivity contribution in [2.75, 3.05) is 6.54 Å². The molecule has 0 radical (unpaired) electrons. The maximum atomic E-state index is 4.69. The van der Waals surface area contributed by atoms with Crippen molar-refractivity contribution in [3.05, 3.63) is 64.5 Å². The second kappa shape index (κ2) is 9.15. The number of aryl methyl sites for hydroxylation is 1. The number of pyridine rings is 1. The molecule has 0 fully saturated rings. The van der Waals surface area contributed by atoms with E-state index in [9.17, 15) is 0 Å². The van der Waals surface area contributed by atoms with Crippen LogP contribution in [0.4, 0.5) is 0 Å². The summed E-state index contributed by atoms with van der Waals surface area (Å²) in [5.74, 6) is 1.67. The molecule has 0 aliphatic heterocycles. The summed E-state index contributed by atoms with van der Waals surface area (Å²) in [6, 6.07) is 8.39. The Labute approximate surface area is 158 Å². The molecule has 0 saturated heterocycles. The van der Waals surface area contributed by atoms with Crippen molar-refractivity contribution in [3.8, 4) is 5.82 Å². The maximum absolute atomic E-state index is 4.69. The van der Waals surface area contributed by atoms with Gasteiger partial charge in [0.25, 0.3) is 0 Å². The van der Waals surface area contributed by atoms with E-state index < -0.39 is 0 Å². The lowest BCUT2D eigenvalue weighted by atomic mass is 10.2. The maximum Gasteiger partial charge on any atom is 0.191 e. The Bertz CT molecular complexity index is 837. The molecule has 3 rings (SSSR count). The molecule has 26 heavy (non-hydrogen) atoms. The van der Waals surface area contributed by atoms with Crippen LogP contribution in [0.5, 0.6) is 0 Å². The highest BCUT2D eigenvalue weighted by Gasteiger charge is 2.03. The van der Waals surface area contributed by atoms with Gasteiger partial charge in [0.15, 0.2) is 5.96 Å². The molecule has 3 aromatic rings. The van der Waals surface area contributed by atoms with Gasteiger partial charge in [-0.1, -0.05) is 6.92 Å². The van der Waals surface area contributed by atoms with Gasteiger partial charge in [0, 0.05) is 34.9 Å². The predicted molar refractivity (Wildman–Crippen MR) is 107 cm³/mol. The van der Waals surface area contributed by atoms with E-state index in [1.807, 2.05) is 34.2 Å². The van der Waals surface area contributed by atoms with Crippen LogP contribution in [-0.4, -0.2) is 27.0 Å².